The van der Waals surface area contributed by atoms with E-state index in [9.17, 15) is 14.4 Å². The SMILES string of the molecule is COC(=O)C(NC(=O)C(C)NC(=O)/C=C/c1ccc(OC)cc1)c1ccc(Br)cc1. The monoisotopic (exact) mass is 474 g/mol. The number of esters is 1. The van der Waals surface area contributed by atoms with Crippen LogP contribution in [0, 0.1) is 0 Å². The number of hydrogen-bond donors (Lipinski definition) is 2. The predicted octanol–water partition coefficient (Wildman–Crippen LogP) is 3.01. The first-order chi connectivity index (χ1) is 14.3. The second-order valence-electron chi connectivity index (χ2n) is 6.35. The molecule has 30 heavy (non-hydrogen) atoms. The number of methoxy groups -OCH3 is 2. The lowest BCUT2D eigenvalue weighted by molar-refractivity contribution is -0.145. The van der Waals surface area contributed by atoms with Crippen LogP contribution >= 0.6 is 15.9 Å². The average Bonchev–Trinajstić information content (AvgIpc) is 2.76. The van der Waals surface area contributed by atoms with Crippen molar-refractivity contribution in [2.75, 3.05) is 14.2 Å². The number of nitrogens with one attached hydrogen (secondary N) is 2. The van der Waals surface area contributed by atoms with Crippen molar-refractivity contribution in [3.63, 3.8) is 0 Å². The molecule has 8 heteroatoms. The van der Waals surface area contributed by atoms with Gasteiger partial charge in [-0.2, -0.15) is 0 Å². The first kappa shape index (κ1) is 23.2. The molecular weight excluding hydrogens is 452 g/mol. The quantitative estimate of drug-likeness (QED) is 0.453. The van der Waals surface area contributed by atoms with Gasteiger partial charge in [-0.25, -0.2) is 4.79 Å². The van der Waals surface area contributed by atoms with E-state index in [1.54, 1.807) is 61.7 Å². The number of halogens is 1. The molecule has 0 heterocycles. The van der Waals surface area contributed by atoms with Crippen molar-refractivity contribution in [3.8, 4) is 5.75 Å². The van der Waals surface area contributed by atoms with Crippen molar-refractivity contribution in [2.24, 2.45) is 0 Å². The van der Waals surface area contributed by atoms with Gasteiger partial charge in [-0.05, 0) is 48.4 Å². The number of hydrogen-bond acceptors (Lipinski definition) is 5. The zero-order valence-corrected chi connectivity index (χ0v) is 18.4. The number of benzene rings is 2. The molecule has 0 bridgehead atoms. The van der Waals surface area contributed by atoms with Gasteiger partial charge in [0.2, 0.25) is 11.8 Å². The third kappa shape index (κ3) is 6.73. The molecule has 0 saturated heterocycles. The molecule has 2 aromatic carbocycles. The summed E-state index contributed by atoms with van der Waals surface area (Å²) in [6, 6.07) is 12.2. The Hall–Kier alpha value is -3.13. The maximum Gasteiger partial charge on any atom is 0.333 e. The van der Waals surface area contributed by atoms with Gasteiger partial charge < -0.3 is 20.1 Å². The summed E-state index contributed by atoms with van der Waals surface area (Å²) in [4.78, 5) is 36.8. The molecule has 0 aliphatic rings. The molecule has 2 amide bonds. The van der Waals surface area contributed by atoms with E-state index in [0.717, 1.165) is 10.0 Å². The fourth-order valence-corrected chi connectivity index (χ4v) is 2.80. The van der Waals surface area contributed by atoms with E-state index in [2.05, 4.69) is 26.6 Å². The first-order valence-corrected chi connectivity index (χ1v) is 9.89. The Morgan fingerprint density at radius 1 is 0.967 bits per heavy atom. The van der Waals surface area contributed by atoms with E-state index < -0.39 is 29.9 Å². The van der Waals surface area contributed by atoms with E-state index in [0.29, 0.717) is 11.3 Å². The van der Waals surface area contributed by atoms with Crippen molar-refractivity contribution in [3.05, 3.63) is 70.2 Å². The standard InChI is InChI=1S/C22H23BrN2O5/c1-14(24-19(26)13-6-15-4-11-18(29-2)12-5-15)21(27)25-20(22(28)30-3)16-7-9-17(23)10-8-16/h4-14,20H,1-3H3,(H,24,26)(H,25,27)/b13-6+. The smallest absolute Gasteiger partial charge is 0.333 e. The fourth-order valence-electron chi connectivity index (χ4n) is 2.53. The highest BCUT2D eigenvalue weighted by atomic mass is 79.9. The van der Waals surface area contributed by atoms with Gasteiger partial charge in [-0.15, -0.1) is 0 Å². The van der Waals surface area contributed by atoms with Crippen LogP contribution < -0.4 is 15.4 Å². The Morgan fingerprint density at radius 2 is 1.60 bits per heavy atom. The first-order valence-electron chi connectivity index (χ1n) is 9.10. The van der Waals surface area contributed by atoms with Gasteiger partial charge in [-0.3, -0.25) is 9.59 Å². The second-order valence-corrected chi connectivity index (χ2v) is 7.27. The van der Waals surface area contributed by atoms with Gasteiger partial charge >= 0.3 is 5.97 Å². The molecule has 0 radical (unpaired) electrons. The molecule has 0 aromatic heterocycles. The van der Waals surface area contributed by atoms with Crippen LogP contribution in [0.2, 0.25) is 0 Å². The summed E-state index contributed by atoms with van der Waals surface area (Å²) in [6.45, 7) is 1.53. The van der Waals surface area contributed by atoms with Crippen LogP contribution in [-0.2, 0) is 19.1 Å². The lowest BCUT2D eigenvalue weighted by Gasteiger charge is -2.20. The van der Waals surface area contributed by atoms with E-state index in [-0.39, 0.29) is 0 Å². The molecule has 0 saturated carbocycles. The minimum atomic E-state index is -0.982. The minimum absolute atomic E-state index is 0.438. The Balaban J connectivity index is 1.98. The van der Waals surface area contributed by atoms with Gasteiger partial charge in [0.1, 0.15) is 11.8 Å². The van der Waals surface area contributed by atoms with Crippen LogP contribution in [0.1, 0.15) is 24.1 Å². The van der Waals surface area contributed by atoms with Crippen molar-refractivity contribution >= 4 is 39.8 Å². The minimum Gasteiger partial charge on any atom is -0.497 e. The summed E-state index contributed by atoms with van der Waals surface area (Å²) >= 11 is 3.32. The Labute approximate surface area is 183 Å². The Bertz CT molecular complexity index is 910. The highest BCUT2D eigenvalue weighted by molar-refractivity contribution is 9.10. The van der Waals surface area contributed by atoms with Crippen molar-refractivity contribution < 1.29 is 23.9 Å². The van der Waals surface area contributed by atoms with Crippen LogP contribution in [0.25, 0.3) is 6.08 Å². The van der Waals surface area contributed by atoms with Crippen LogP contribution in [-0.4, -0.2) is 38.0 Å². The number of rotatable bonds is 8. The van der Waals surface area contributed by atoms with Crippen molar-refractivity contribution in [2.45, 2.75) is 19.0 Å². The molecule has 0 aliphatic carbocycles. The number of carbonyl (C=O) groups excluding carboxylic acids is 3. The molecule has 0 aliphatic heterocycles. The summed E-state index contributed by atoms with van der Waals surface area (Å²) in [6.07, 6.45) is 2.95. The topological polar surface area (TPSA) is 93.7 Å². The maximum absolute atomic E-state index is 12.5. The van der Waals surface area contributed by atoms with Gasteiger partial charge in [0.05, 0.1) is 14.2 Å². The Kier molecular flexibility index (Phi) is 8.61. The molecule has 158 valence electrons. The predicted molar refractivity (Wildman–Crippen MR) is 117 cm³/mol. The summed E-state index contributed by atoms with van der Waals surface area (Å²) in [5.41, 5.74) is 1.38. The third-order valence-electron chi connectivity index (χ3n) is 4.22. The summed E-state index contributed by atoms with van der Waals surface area (Å²) in [5.74, 6) is -0.845. The van der Waals surface area contributed by atoms with Gasteiger partial charge in [0.15, 0.2) is 6.04 Å². The van der Waals surface area contributed by atoms with Crippen LogP contribution in [0.15, 0.2) is 59.1 Å². The lowest BCUT2D eigenvalue weighted by Crippen LogP contribution is -2.47. The molecule has 2 N–H and O–H groups in total. The number of carbonyl (C=O) groups is 3. The average molecular weight is 475 g/mol. The molecule has 2 aromatic rings. The van der Waals surface area contributed by atoms with Crippen LogP contribution in [0.3, 0.4) is 0 Å². The molecule has 2 rings (SSSR count). The lowest BCUT2D eigenvalue weighted by atomic mass is 10.1. The second kappa shape index (κ2) is 11.2. The molecule has 2 atom stereocenters. The Morgan fingerprint density at radius 3 is 2.17 bits per heavy atom. The number of ether oxygens (including phenoxy) is 2. The summed E-state index contributed by atoms with van der Waals surface area (Å²) in [7, 11) is 2.82. The highest BCUT2D eigenvalue weighted by Crippen LogP contribution is 2.18. The zero-order chi connectivity index (χ0) is 22.1. The third-order valence-corrected chi connectivity index (χ3v) is 4.75. The summed E-state index contributed by atoms with van der Waals surface area (Å²) < 4.78 is 10.7. The largest absolute Gasteiger partial charge is 0.497 e. The van der Waals surface area contributed by atoms with Crippen LogP contribution in [0.4, 0.5) is 0 Å². The maximum atomic E-state index is 12.5. The highest BCUT2D eigenvalue weighted by Gasteiger charge is 2.26. The summed E-state index contributed by atoms with van der Waals surface area (Å²) in [5, 5.41) is 5.19. The van der Waals surface area contributed by atoms with E-state index in [1.807, 2.05) is 0 Å². The van der Waals surface area contributed by atoms with Gasteiger partial charge in [0, 0.05) is 10.5 Å². The molecule has 2 unspecified atom stereocenters. The van der Waals surface area contributed by atoms with Crippen molar-refractivity contribution in [1.82, 2.24) is 10.6 Å². The zero-order valence-electron chi connectivity index (χ0n) is 16.8. The number of amides is 2. The van der Waals surface area contributed by atoms with Crippen molar-refractivity contribution in [1.29, 1.82) is 0 Å². The normalized spacial score (nSPS) is 12.7. The van der Waals surface area contributed by atoms with Crippen LogP contribution in [0.5, 0.6) is 5.75 Å². The molecule has 0 spiro atoms. The molecular formula is C22H23BrN2O5. The van der Waals surface area contributed by atoms with E-state index >= 15 is 0 Å². The molecule has 0 fully saturated rings. The van der Waals surface area contributed by atoms with E-state index in [4.69, 9.17) is 9.47 Å². The van der Waals surface area contributed by atoms with Gasteiger partial charge in [0.25, 0.3) is 0 Å². The molecule has 7 nitrogen and oxygen atoms in total. The fraction of sp³-hybridized carbons (Fsp3) is 0.227. The van der Waals surface area contributed by atoms with E-state index in [1.165, 1.54) is 20.1 Å². The van der Waals surface area contributed by atoms with Gasteiger partial charge in [-0.1, -0.05) is 40.2 Å².